The van der Waals surface area contributed by atoms with Crippen molar-refractivity contribution in [2.45, 2.75) is 32.9 Å². The minimum Gasteiger partial charge on any atom is -0.312 e. The van der Waals surface area contributed by atoms with Gasteiger partial charge in [-0.1, -0.05) is 6.07 Å². The maximum atomic E-state index is 15.4. The van der Waals surface area contributed by atoms with Crippen LogP contribution in [0.5, 0.6) is 0 Å². The van der Waals surface area contributed by atoms with E-state index < -0.39 is 11.6 Å². The Morgan fingerprint density at radius 1 is 0.970 bits per heavy atom. The molecule has 6 heteroatoms. The van der Waals surface area contributed by atoms with Crippen molar-refractivity contribution in [3.05, 3.63) is 75.8 Å². The number of fused-ring (bicyclic) bond motifs is 3. The predicted molar refractivity (Wildman–Crippen MR) is 127 cm³/mol. The van der Waals surface area contributed by atoms with Crippen LogP contribution in [0.15, 0.2) is 36.4 Å². The fraction of sp³-hybridized carbons (Fsp3) is 0.296. The Labute approximate surface area is 191 Å². The van der Waals surface area contributed by atoms with Crippen LogP contribution in [-0.2, 0) is 25.9 Å². The first kappa shape index (κ1) is 20.5. The van der Waals surface area contributed by atoms with E-state index >= 15 is 8.78 Å². The van der Waals surface area contributed by atoms with Gasteiger partial charge in [0.05, 0.1) is 16.8 Å². The first-order valence-corrected chi connectivity index (χ1v) is 11.5. The van der Waals surface area contributed by atoms with E-state index in [0.717, 1.165) is 53.8 Å². The Bertz CT molecular complexity index is 1410. The summed E-state index contributed by atoms with van der Waals surface area (Å²) in [5.74, 6) is -0.973. The lowest BCUT2D eigenvalue weighted by atomic mass is 9.91. The summed E-state index contributed by atoms with van der Waals surface area (Å²) in [6.45, 7) is 5.30. The summed E-state index contributed by atoms with van der Waals surface area (Å²) in [5.41, 5.74) is 8.59. The molecule has 4 nitrogen and oxygen atoms in total. The van der Waals surface area contributed by atoms with E-state index in [-0.39, 0.29) is 5.56 Å². The lowest BCUT2D eigenvalue weighted by molar-refractivity contribution is 0.312. The molecular weight excluding hydrogens is 418 g/mol. The minimum atomic E-state index is -0.509. The molecule has 2 aliphatic heterocycles. The van der Waals surface area contributed by atoms with Crippen molar-refractivity contribution in [2.24, 2.45) is 0 Å². The van der Waals surface area contributed by atoms with Crippen molar-refractivity contribution in [3.8, 4) is 22.4 Å². The number of H-pyrrole nitrogens is 1. The third-order valence-corrected chi connectivity index (χ3v) is 7.16. The van der Waals surface area contributed by atoms with Gasteiger partial charge in [-0.25, -0.2) is 8.78 Å². The molecule has 0 unspecified atom stereocenters. The number of aromatic nitrogens is 2. The van der Waals surface area contributed by atoms with Gasteiger partial charge in [0.1, 0.15) is 11.6 Å². The normalized spacial score (nSPS) is 16.1. The minimum absolute atomic E-state index is 0.0368. The van der Waals surface area contributed by atoms with Crippen molar-refractivity contribution in [2.75, 3.05) is 20.1 Å². The summed E-state index contributed by atoms with van der Waals surface area (Å²) < 4.78 is 30.5. The Hall–Kier alpha value is -3.09. The van der Waals surface area contributed by atoms with E-state index in [1.54, 1.807) is 6.07 Å². The van der Waals surface area contributed by atoms with E-state index in [1.165, 1.54) is 22.8 Å². The van der Waals surface area contributed by atoms with E-state index in [4.69, 9.17) is 0 Å². The van der Waals surface area contributed by atoms with Crippen molar-refractivity contribution in [3.63, 3.8) is 0 Å². The first-order chi connectivity index (χ1) is 16.0. The largest absolute Gasteiger partial charge is 0.312 e. The zero-order chi connectivity index (χ0) is 22.7. The van der Waals surface area contributed by atoms with Crippen LogP contribution in [0.1, 0.15) is 27.8 Å². The molecule has 1 aromatic heterocycles. The number of nitrogens with zero attached hydrogens (tertiary/aromatic N) is 2. The summed E-state index contributed by atoms with van der Waals surface area (Å²) in [4.78, 5) is 2.32. The van der Waals surface area contributed by atoms with Gasteiger partial charge in [0.25, 0.3) is 0 Å². The number of aromatic amines is 1. The highest BCUT2D eigenvalue weighted by Gasteiger charge is 2.23. The topological polar surface area (TPSA) is 44.0 Å². The van der Waals surface area contributed by atoms with Crippen LogP contribution >= 0.6 is 0 Å². The Morgan fingerprint density at radius 2 is 1.85 bits per heavy atom. The third kappa shape index (κ3) is 3.36. The predicted octanol–water partition coefficient (Wildman–Crippen LogP) is 5.12. The monoisotopic (exact) mass is 444 g/mol. The van der Waals surface area contributed by atoms with E-state index in [9.17, 15) is 0 Å². The lowest BCUT2D eigenvalue weighted by Gasteiger charge is -2.26. The number of likely N-dealkylation sites (N-methyl/N-ethyl adjacent to an activating group) is 1. The van der Waals surface area contributed by atoms with Gasteiger partial charge in [-0.05, 0) is 91.5 Å². The van der Waals surface area contributed by atoms with Gasteiger partial charge in [-0.3, -0.25) is 5.10 Å². The van der Waals surface area contributed by atoms with Gasteiger partial charge in [0.15, 0.2) is 0 Å². The van der Waals surface area contributed by atoms with E-state index in [0.29, 0.717) is 24.1 Å². The van der Waals surface area contributed by atoms with Crippen LogP contribution in [0.3, 0.4) is 0 Å². The van der Waals surface area contributed by atoms with Crippen LogP contribution in [0.25, 0.3) is 33.3 Å². The van der Waals surface area contributed by atoms with Gasteiger partial charge in [-0.15, -0.1) is 0 Å². The molecule has 2 aliphatic rings. The summed E-state index contributed by atoms with van der Waals surface area (Å²) in [6.07, 6.45) is 1.69. The van der Waals surface area contributed by atoms with Gasteiger partial charge >= 0.3 is 0 Å². The second-order valence-corrected chi connectivity index (χ2v) is 9.36. The number of hydrogen-bond donors (Lipinski definition) is 2. The molecule has 3 heterocycles. The molecule has 6 rings (SSSR count). The quantitative estimate of drug-likeness (QED) is 0.451. The molecule has 0 atom stereocenters. The molecule has 0 fully saturated rings. The number of nitrogens with one attached hydrogen (secondary N) is 2. The number of benzene rings is 3. The fourth-order valence-corrected chi connectivity index (χ4v) is 5.41. The maximum Gasteiger partial charge on any atom is 0.138 e. The fourth-order valence-electron chi connectivity index (χ4n) is 5.41. The maximum absolute atomic E-state index is 15.4. The van der Waals surface area contributed by atoms with Crippen LogP contribution in [0.4, 0.5) is 8.78 Å². The van der Waals surface area contributed by atoms with E-state index in [2.05, 4.69) is 46.5 Å². The Morgan fingerprint density at radius 3 is 2.73 bits per heavy atom. The van der Waals surface area contributed by atoms with Gasteiger partial charge < -0.3 is 10.2 Å². The summed E-state index contributed by atoms with van der Waals surface area (Å²) in [6, 6.07) is 11.4. The standard InChI is InChI=1S/C27H26F2N4/c1-15-9-18(10-19-14-33(2)8-6-20(15)19)27-21-11-17(3-4-24(21)31-32-27)25-23(28)12-16-5-7-30-13-22(16)26(25)29/h3-4,9-12,30H,5-8,13-14H2,1-2H3,(H,31,32). The Balaban J connectivity index is 1.49. The molecule has 33 heavy (non-hydrogen) atoms. The molecule has 0 saturated heterocycles. The van der Waals surface area contributed by atoms with Crippen LogP contribution in [-0.4, -0.2) is 35.2 Å². The summed E-state index contributed by atoms with van der Waals surface area (Å²) >= 11 is 0. The molecule has 2 N–H and O–H groups in total. The first-order valence-electron chi connectivity index (χ1n) is 11.5. The van der Waals surface area contributed by atoms with Gasteiger partial charge in [0.2, 0.25) is 0 Å². The number of aryl methyl sites for hydroxylation is 1. The molecule has 0 saturated carbocycles. The van der Waals surface area contributed by atoms with Crippen LogP contribution in [0.2, 0.25) is 0 Å². The molecule has 4 aromatic rings. The average molecular weight is 445 g/mol. The number of rotatable bonds is 2. The van der Waals surface area contributed by atoms with Gasteiger partial charge in [-0.2, -0.15) is 5.10 Å². The molecule has 168 valence electrons. The highest BCUT2D eigenvalue weighted by Crippen LogP contribution is 2.36. The zero-order valence-electron chi connectivity index (χ0n) is 18.9. The van der Waals surface area contributed by atoms with Crippen molar-refractivity contribution < 1.29 is 8.78 Å². The number of hydrogen-bond acceptors (Lipinski definition) is 3. The summed E-state index contributed by atoms with van der Waals surface area (Å²) in [7, 11) is 2.14. The van der Waals surface area contributed by atoms with Crippen molar-refractivity contribution in [1.29, 1.82) is 0 Å². The second-order valence-electron chi connectivity index (χ2n) is 9.36. The smallest absolute Gasteiger partial charge is 0.138 e. The third-order valence-electron chi connectivity index (χ3n) is 7.16. The van der Waals surface area contributed by atoms with Gasteiger partial charge in [0, 0.05) is 36.1 Å². The highest BCUT2D eigenvalue weighted by atomic mass is 19.1. The average Bonchev–Trinajstić information content (AvgIpc) is 3.22. The Kier molecular flexibility index (Phi) is 4.82. The summed E-state index contributed by atoms with van der Waals surface area (Å²) in [5, 5.41) is 11.7. The second kappa shape index (κ2) is 7.75. The molecule has 0 aliphatic carbocycles. The van der Waals surface area contributed by atoms with Crippen LogP contribution < -0.4 is 5.32 Å². The molecule has 3 aromatic carbocycles. The zero-order valence-corrected chi connectivity index (χ0v) is 18.9. The molecular formula is C27H26F2N4. The molecule has 0 spiro atoms. The van der Waals surface area contributed by atoms with Crippen molar-refractivity contribution in [1.82, 2.24) is 20.4 Å². The highest BCUT2D eigenvalue weighted by molar-refractivity contribution is 5.96. The van der Waals surface area contributed by atoms with E-state index in [1.807, 2.05) is 12.1 Å². The molecule has 0 bridgehead atoms. The lowest BCUT2D eigenvalue weighted by Crippen LogP contribution is -2.27. The molecule has 0 amide bonds. The van der Waals surface area contributed by atoms with Crippen molar-refractivity contribution >= 4 is 10.9 Å². The van der Waals surface area contributed by atoms with Crippen LogP contribution in [0, 0.1) is 18.6 Å². The SMILES string of the molecule is Cc1cc(-c2n[nH]c3ccc(-c4c(F)cc5c(c4F)CNCC5)cc23)cc2c1CCN(C)C2. The molecule has 0 radical (unpaired) electrons. The number of halogens is 2.